The topological polar surface area (TPSA) is 35.5 Å². The average Bonchev–Trinajstić information content (AvgIpc) is 2.45. The third kappa shape index (κ3) is 3.39. The van der Waals surface area contributed by atoms with Gasteiger partial charge in [-0.3, -0.25) is 4.79 Å². The highest BCUT2D eigenvalue weighted by atomic mass is 79.9. The largest absolute Gasteiger partial charge is 0.493 e. The first-order valence-electron chi connectivity index (χ1n) is 6.15. The molecule has 3 nitrogen and oxygen atoms in total. The van der Waals surface area contributed by atoms with Crippen LogP contribution in [0.5, 0.6) is 11.5 Å². The van der Waals surface area contributed by atoms with Gasteiger partial charge in [-0.15, -0.1) is 0 Å². The number of rotatable bonds is 5. The van der Waals surface area contributed by atoms with Crippen LogP contribution in [-0.4, -0.2) is 13.4 Å². The maximum atomic E-state index is 11.2. The smallest absolute Gasteiger partial charge is 0.172 e. The van der Waals surface area contributed by atoms with Gasteiger partial charge in [-0.2, -0.15) is 0 Å². The summed E-state index contributed by atoms with van der Waals surface area (Å²) < 4.78 is 11.8. The van der Waals surface area contributed by atoms with Gasteiger partial charge in [-0.1, -0.05) is 45.8 Å². The Morgan fingerprint density at radius 3 is 2.70 bits per heavy atom. The molecule has 0 atom stereocenters. The molecule has 0 fully saturated rings. The lowest BCUT2D eigenvalue weighted by molar-refractivity contribution is 0.111. The van der Waals surface area contributed by atoms with Crippen LogP contribution in [0.2, 0.25) is 0 Å². The number of carbonyl (C=O) groups is 1. The number of halogens is 1. The molecule has 4 heteroatoms. The molecule has 2 rings (SSSR count). The van der Waals surface area contributed by atoms with E-state index in [-0.39, 0.29) is 0 Å². The van der Waals surface area contributed by atoms with E-state index in [0.717, 1.165) is 16.3 Å². The standard InChI is InChI=1S/C16H15BrO3/c1-11-4-3-5-12(6-11)10-20-16-13(9-18)7-14(17)8-15(16)19-2/h3-9H,10H2,1-2H3. The van der Waals surface area contributed by atoms with Gasteiger partial charge < -0.3 is 9.47 Å². The SMILES string of the molecule is COc1cc(Br)cc(C=O)c1OCc1cccc(C)c1. The van der Waals surface area contributed by atoms with Crippen LogP contribution in [0, 0.1) is 6.92 Å². The zero-order chi connectivity index (χ0) is 14.5. The van der Waals surface area contributed by atoms with Crippen LogP contribution in [-0.2, 0) is 6.61 Å². The molecular weight excluding hydrogens is 320 g/mol. The Balaban J connectivity index is 2.26. The molecule has 0 bridgehead atoms. The van der Waals surface area contributed by atoms with E-state index in [1.54, 1.807) is 19.2 Å². The Bertz CT molecular complexity index is 623. The fraction of sp³-hybridized carbons (Fsp3) is 0.188. The molecule has 2 aromatic carbocycles. The number of ether oxygens (including phenoxy) is 2. The molecule has 0 saturated carbocycles. The quantitative estimate of drug-likeness (QED) is 0.770. The molecule has 0 unspecified atom stereocenters. The van der Waals surface area contributed by atoms with E-state index >= 15 is 0 Å². The Morgan fingerprint density at radius 1 is 1.25 bits per heavy atom. The Hall–Kier alpha value is -1.81. The molecule has 0 heterocycles. The molecule has 0 saturated heterocycles. The van der Waals surface area contributed by atoms with Crippen LogP contribution in [0.25, 0.3) is 0 Å². The van der Waals surface area contributed by atoms with Crippen molar-refractivity contribution in [2.24, 2.45) is 0 Å². The van der Waals surface area contributed by atoms with Crippen molar-refractivity contribution in [3.05, 3.63) is 57.6 Å². The lowest BCUT2D eigenvalue weighted by atomic mass is 10.1. The van der Waals surface area contributed by atoms with Crippen molar-refractivity contribution in [2.45, 2.75) is 13.5 Å². The van der Waals surface area contributed by atoms with Crippen LogP contribution < -0.4 is 9.47 Å². The van der Waals surface area contributed by atoms with E-state index in [1.165, 1.54) is 5.56 Å². The van der Waals surface area contributed by atoms with Crippen LogP contribution in [0.1, 0.15) is 21.5 Å². The second kappa shape index (κ2) is 6.57. The summed E-state index contributed by atoms with van der Waals surface area (Å²) in [6.07, 6.45) is 0.763. The van der Waals surface area contributed by atoms with E-state index in [4.69, 9.17) is 9.47 Å². The minimum absolute atomic E-state index is 0.389. The minimum Gasteiger partial charge on any atom is -0.493 e. The van der Waals surface area contributed by atoms with Gasteiger partial charge in [0.25, 0.3) is 0 Å². The first kappa shape index (κ1) is 14.6. The summed E-state index contributed by atoms with van der Waals surface area (Å²) in [6.45, 7) is 2.42. The summed E-state index contributed by atoms with van der Waals surface area (Å²) >= 11 is 3.34. The normalized spacial score (nSPS) is 10.2. The Kier molecular flexibility index (Phi) is 4.79. The maximum Gasteiger partial charge on any atom is 0.172 e. The number of benzene rings is 2. The molecule has 20 heavy (non-hydrogen) atoms. The minimum atomic E-state index is 0.389. The predicted octanol–water partition coefficient (Wildman–Crippen LogP) is 4.16. The lowest BCUT2D eigenvalue weighted by Crippen LogP contribution is -2.01. The monoisotopic (exact) mass is 334 g/mol. The van der Waals surface area contributed by atoms with Gasteiger partial charge in [-0.05, 0) is 24.6 Å². The third-order valence-electron chi connectivity index (χ3n) is 2.86. The molecule has 104 valence electrons. The fourth-order valence-electron chi connectivity index (χ4n) is 1.94. The fourth-order valence-corrected chi connectivity index (χ4v) is 2.39. The van der Waals surface area contributed by atoms with Gasteiger partial charge in [0, 0.05) is 4.47 Å². The molecule has 0 aromatic heterocycles. The summed E-state index contributed by atoms with van der Waals surface area (Å²) in [7, 11) is 1.55. The van der Waals surface area contributed by atoms with Crippen molar-refractivity contribution in [3.8, 4) is 11.5 Å². The maximum absolute atomic E-state index is 11.2. The molecule has 0 spiro atoms. The zero-order valence-corrected chi connectivity index (χ0v) is 12.9. The molecule has 0 aliphatic heterocycles. The number of hydrogen-bond donors (Lipinski definition) is 0. The second-order valence-electron chi connectivity index (χ2n) is 4.42. The van der Waals surface area contributed by atoms with Gasteiger partial charge >= 0.3 is 0 Å². The van der Waals surface area contributed by atoms with Crippen molar-refractivity contribution in [3.63, 3.8) is 0 Å². The predicted molar refractivity (Wildman–Crippen MR) is 81.6 cm³/mol. The van der Waals surface area contributed by atoms with Crippen LogP contribution in [0.3, 0.4) is 0 Å². The van der Waals surface area contributed by atoms with Crippen molar-refractivity contribution in [1.82, 2.24) is 0 Å². The van der Waals surface area contributed by atoms with Crippen LogP contribution in [0.15, 0.2) is 40.9 Å². The van der Waals surface area contributed by atoms with Crippen molar-refractivity contribution in [2.75, 3.05) is 7.11 Å². The molecule has 0 aliphatic carbocycles. The summed E-state index contributed by atoms with van der Waals surface area (Å²) in [5.74, 6) is 1.00. The summed E-state index contributed by atoms with van der Waals surface area (Å²) in [6, 6.07) is 11.5. The van der Waals surface area contributed by atoms with E-state index in [9.17, 15) is 4.79 Å². The molecular formula is C16H15BrO3. The first-order chi connectivity index (χ1) is 9.63. The van der Waals surface area contributed by atoms with Gasteiger partial charge in [-0.25, -0.2) is 0 Å². The Labute approximate surface area is 126 Å². The number of hydrogen-bond acceptors (Lipinski definition) is 3. The molecule has 0 amide bonds. The summed E-state index contributed by atoms with van der Waals surface area (Å²) in [4.78, 5) is 11.2. The van der Waals surface area contributed by atoms with E-state index < -0.39 is 0 Å². The molecule has 0 radical (unpaired) electrons. The van der Waals surface area contributed by atoms with Crippen LogP contribution >= 0.6 is 15.9 Å². The highest BCUT2D eigenvalue weighted by Gasteiger charge is 2.12. The van der Waals surface area contributed by atoms with E-state index in [0.29, 0.717) is 23.7 Å². The van der Waals surface area contributed by atoms with Gasteiger partial charge in [0.1, 0.15) is 6.61 Å². The average molecular weight is 335 g/mol. The first-order valence-corrected chi connectivity index (χ1v) is 6.94. The van der Waals surface area contributed by atoms with E-state index in [2.05, 4.69) is 15.9 Å². The third-order valence-corrected chi connectivity index (χ3v) is 3.32. The molecule has 0 aliphatic rings. The van der Waals surface area contributed by atoms with Crippen LogP contribution in [0.4, 0.5) is 0 Å². The number of methoxy groups -OCH3 is 1. The zero-order valence-electron chi connectivity index (χ0n) is 11.4. The van der Waals surface area contributed by atoms with Crippen molar-refractivity contribution >= 4 is 22.2 Å². The molecule has 0 N–H and O–H groups in total. The summed E-state index contributed by atoms with van der Waals surface area (Å²) in [5.41, 5.74) is 2.68. The highest BCUT2D eigenvalue weighted by Crippen LogP contribution is 2.34. The number of aryl methyl sites for hydroxylation is 1. The number of carbonyl (C=O) groups excluding carboxylic acids is 1. The molecule has 2 aromatic rings. The van der Waals surface area contributed by atoms with E-state index in [1.807, 2.05) is 31.2 Å². The van der Waals surface area contributed by atoms with Gasteiger partial charge in [0.05, 0.1) is 12.7 Å². The highest BCUT2D eigenvalue weighted by molar-refractivity contribution is 9.10. The lowest BCUT2D eigenvalue weighted by Gasteiger charge is -2.13. The van der Waals surface area contributed by atoms with Crippen molar-refractivity contribution in [1.29, 1.82) is 0 Å². The van der Waals surface area contributed by atoms with Gasteiger partial charge in [0.2, 0.25) is 0 Å². The van der Waals surface area contributed by atoms with Crippen molar-refractivity contribution < 1.29 is 14.3 Å². The van der Waals surface area contributed by atoms with Gasteiger partial charge in [0.15, 0.2) is 17.8 Å². The Morgan fingerprint density at radius 2 is 2.05 bits per heavy atom. The number of aldehydes is 1. The summed E-state index contributed by atoms with van der Waals surface area (Å²) in [5, 5.41) is 0. The second-order valence-corrected chi connectivity index (χ2v) is 5.34.